The second-order valence-corrected chi connectivity index (χ2v) is 11.9. The number of fused-ring (bicyclic) bond motifs is 1. The number of nitrogens with one attached hydrogen (secondary N) is 2. The Balaban J connectivity index is 1.22. The van der Waals surface area contributed by atoms with Crippen molar-refractivity contribution in [3.63, 3.8) is 0 Å². The third-order valence-electron chi connectivity index (χ3n) is 6.94. The Labute approximate surface area is 266 Å². The predicted octanol–water partition coefficient (Wildman–Crippen LogP) is 6.92. The molecule has 0 saturated carbocycles. The number of ether oxygens (including phenoxy) is 2. The minimum absolute atomic E-state index is 0.169. The van der Waals surface area contributed by atoms with E-state index in [4.69, 9.17) is 9.47 Å². The molecule has 1 heterocycles. The van der Waals surface area contributed by atoms with E-state index < -0.39 is 23.6 Å². The number of carbonyl (C=O) groups excluding carboxylic acids is 4. The first-order valence-electron chi connectivity index (χ1n) is 13.5. The topological polar surface area (TPSA) is 114 Å². The van der Waals surface area contributed by atoms with Gasteiger partial charge in [-0.2, -0.15) is 0 Å². The number of carbonyl (C=O) groups is 4. The lowest BCUT2D eigenvalue weighted by molar-refractivity contribution is -0.127. The van der Waals surface area contributed by atoms with Crippen LogP contribution in [0.1, 0.15) is 16.7 Å². The molecule has 224 valence electrons. The second kappa shape index (κ2) is 13.4. The van der Waals surface area contributed by atoms with Crippen LogP contribution in [0.3, 0.4) is 0 Å². The summed E-state index contributed by atoms with van der Waals surface area (Å²) in [6.45, 7) is 3.28. The fraction of sp³-hybridized carbons (Fsp3) is 0.152. The summed E-state index contributed by atoms with van der Waals surface area (Å²) in [5.41, 5.74) is 3.96. The van der Waals surface area contributed by atoms with Gasteiger partial charge in [-0.1, -0.05) is 42.5 Å². The van der Waals surface area contributed by atoms with Gasteiger partial charge in [0.2, 0.25) is 5.91 Å². The molecule has 4 aromatic carbocycles. The van der Waals surface area contributed by atoms with Crippen LogP contribution in [0, 0.1) is 13.8 Å². The van der Waals surface area contributed by atoms with Crippen molar-refractivity contribution >= 4 is 78.9 Å². The quantitative estimate of drug-likeness (QED) is 0.185. The number of aryl methyl sites for hydroxylation is 2. The fourth-order valence-corrected chi connectivity index (χ4v) is 5.95. The number of benzene rings is 4. The van der Waals surface area contributed by atoms with Crippen LogP contribution in [0.25, 0.3) is 16.8 Å². The van der Waals surface area contributed by atoms with Gasteiger partial charge < -0.3 is 20.1 Å². The molecule has 44 heavy (non-hydrogen) atoms. The number of amides is 4. The molecular weight excluding hydrogens is 646 g/mol. The van der Waals surface area contributed by atoms with Crippen molar-refractivity contribution in [2.75, 3.05) is 30.9 Å². The number of imide groups is 1. The van der Waals surface area contributed by atoms with Crippen LogP contribution in [0.15, 0.2) is 82.2 Å². The van der Waals surface area contributed by atoms with Crippen molar-refractivity contribution in [2.45, 2.75) is 13.8 Å². The van der Waals surface area contributed by atoms with Crippen LogP contribution in [-0.2, 0) is 14.4 Å². The van der Waals surface area contributed by atoms with Gasteiger partial charge >= 0.3 is 0 Å². The molecule has 4 aromatic rings. The molecule has 0 aliphatic carbocycles. The Hall–Kier alpha value is -4.61. The number of halogens is 1. The van der Waals surface area contributed by atoms with E-state index in [1.165, 1.54) is 7.11 Å². The van der Waals surface area contributed by atoms with Crippen molar-refractivity contribution in [1.29, 1.82) is 0 Å². The summed E-state index contributed by atoms with van der Waals surface area (Å²) in [7, 11) is 1.46. The molecule has 0 unspecified atom stereocenters. The highest BCUT2D eigenvalue weighted by Crippen LogP contribution is 2.35. The number of thioether (sulfide) groups is 1. The van der Waals surface area contributed by atoms with Gasteiger partial charge in [-0.25, -0.2) is 0 Å². The van der Waals surface area contributed by atoms with E-state index >= 15 is 0 Å². The van der Waals surface area contributed by atoms with Crippen LogP contribution >= 0.6 is 27.7 Å². The molecule has 2 N–H and O–H groups in total. The van der Waals surface area contributed by atoms with Gasteiger partial charge in [-0.3, -0.25) is 24.1 Å². The predicted molar refractivity (Wildman–Crippen MR) is 176 cm³/mol. The maximum absolute atomic E-state index is 13.1. The van der Waals surface area contributed by atoms with E-state index in [1.54, 1.807) is 30.3 Å². The van der Waals surface area contributed by atoms with Crippen molar-refractivity contribution in [3.05, 3.63) is 98.9 Å². The molecule has 1 aliphatic heterocycles. The highest BCUT2D eigenvalue weighted by atomic mass is 79.9. The van der Waals surface area contributed by atoms with Crippen LogP contribution in [0.5, 0.6) is 11.5 Å². The van der Waals surface area contributed by atoms with Gasteiger partial charge in [-0.05, 0) is 100 Å². The summed E-state index contributed by atoms with van der Waals surface area (Å²) in [5, 5.41) is 6.91. The molecule has 9 nitrogen and oxygen atoms in total. The Kier molecular flexibility index (Phi) is 9.36. The number of rotatable bonds is 9. The molecule has 0 radical (unpaired) electrons. The van der Waals surface area contributed by atoms with Crippen molar-refractivity contribution in [1.82, 2.24) is 4.90 Å². The van der Waals surface area contributed by atoms with Gasteiger partial charge in [0, 0.05) is 15.5 Å². The van der Waals surface area contributed by atoms with Gasteiger partial charge in [-0.15, -0.1) is 0 Å². The van der Waals surface area contributed by atoms with Crippen LogP contribution in [-0.4, -0.2) is 48.1 Å². The van der Waals surface area contributed by atoms with Gasteiger partial charge in [0.1, 0.15) is 6.54 Å². The largest absolute Gasteiger partial charge is 0.493 e. The highest BCUT2D eigenvalue weighted by molar-refractivity contribution is 9.10. The SMILES string of the molecule is COc1cc(/C=C2/SC(=O)N(CC(=O)Nc3cccc4ccccc34)C2=O)ccc1OCC(=O)Nc1cc(C)c(C)cc1Br. The summed E-state index contributed by atoms with van der Waals surface area (Å²) < 4.78 is 11.9. The molecule has 1 saturated heterocycles. The smallest absolute Gasteiger partial charge is 0.294 e. The van der Waals surface area contributed by atoms with Crippen molar-refractivity contribution in [3.8, 4) is 11.5 Å². The lowest BCUT2D eigenvalue weighted by Crippen LogP contribution is -2.36. The fourth-order valence-electron chi connectivity index (χ4n) is 4.55. The van der Waals surface area contributed by atoms with E-state index in [0.717, 1.165) is 43.0 Å². The molecule has 5 rings (SSSR count). The Bertz CT molecular complexity index is 1830. The first-order chi connectivity index (χ1) is 21.1. The Morgan fingerprint density at radius 3 is 2.41 bits per heavy atom. The summed E-state index contributed by atoms with van der Waals surface area (Å²) in [4.78, 5) is 52.2. The maximum Gasteiger partial charge on any atom is 0.294 e. The van der Waals surface area contributed by atoms with Gasteiger partial charge in [0.25, 0.3) is 17.1 Å². The van der Waals surface area contributed by atoms with Crippen LogP contribution in [0.2, 0.25) is 0 Å². The van der Waals surface area contributed by atoms with E-state index in [9.17, 15) is 19.2 Å². The zero-order valence-corrected chi connectivity index (χ0v) is 26.5. The first-order valence-corrected chi connectivity index (χ1v) is 15.1. The minimum atomic E-state index is -0.568. The number of hydrogen-bond acceptors (Lipinski definition) is 7. The summed E-state index contributed by atoms with van der Waals surface area (Å²) in [6, 6.07) is 21.9. The number of anilines is 2. The zero-order valence-electron chi connectivity index (χ0n) is 24.1. The standard InChI is InChI=1S/C33H28BrN3O6S/c1-19-13-24(34)26(14-20(19)2)36-31(39)18-43-27-12-11-21(15-28(27)42-3)16-29-32(40)37(33(41)44-29)17-30(38)35-25-10-6-8-22-7-4-5-9-23(22)25/h4-16H,17-18H2,1-3H3,(H,35,38)(H,36,39)/b29-16+. The van der Waals surface area contributed by atoms with E-state index in [-0.39, 0.29) is 17.4 Å². The van der Waals surface area contributed by atoms with Crippen LogP contribution in [0.4, 0.5) is 16.2 Å². The van der Waals surface area contributed by atoms with Gasteiger partial charge in [0.05, 0.1) is 17.7 Å². The Morgan fingerprint density at radius 2 is 1.61 bits per heavy atom. The van der Waals surface area contributed by atoms with E-state index in [1.807, 2.05) is 62.4 Å². The average molecular weight is 675 g/mol. The molecule has 4 amide bonds. The lowest BCUT2D eigenvalue weighted by atomic mass is 10.1. The number of methoxy groups -OCH3 is 1. The monoisotopic (exact) mass is 673 g/mol. The van der Waals surface area contributed by atoms with Crippen molar-refractivity contribution in [2.24, 2.45) is 0 Å². The summed E-state index contributed by atoms with van der Waals surface area (Å²) in [5.74, 6) is -0.730. The third kappa shape index (κ3) is 6.95. The summed E-state index contributed by atoms with van der Waals surface area (Å²) >= 11 is 4.22. The average Bonchev–Trinajstić information content (AvgIpc) is 3.26. The zero-order chi connectivity index (χ0) is 31.4. The molecule has 0 spiro atoms. The highest BCUT2D eigenvalue weighted by Gasteiger charge is 2.36. The molecular formula is C33H28BrN3O6S. The van der Waals surface area contributed by atoms with E-state index in [2.05, 4.69) is 26.6 Å². The normalized spacial score (nSPS) is 13.8. The maximum atomic E-state index is 13.1. The van der Waals surface area contributed by atoms with Gasteiger partial charge in [0.15, 0.2) is 18.1 Å². The van der Waals surface area contributed by atoms with Crippen molar-refractivity contribution < 1.29 is 28.7 Å². The molecule has 1 aliphatic rings. The third-order valence-corrected chi connectivity index (χ3v) is 8.50. The first kappa shape index (κ1) is 30.8. The van der Waals surface area contributed by atoms with E-state index in [0.29, 0.717) is 28.4 Å². The number of nitrogens with zero attached hydrogens (tertiary/aromatic N) is 1. The number of hydrogen-bond donors (Lipinski definition) is 2. The second-order valence-electron chi connectivity index (χ2n) is 10.0. The molecule has 1 fully saturated rings. The summed E-state index contributed by atoms with van der Waals surface area (Å²) in [6.07, 6.45) is 1.55. The molecule has 0 bridgehead atoms. The molecule has 0 aromatic heterocycles. The molecule has 11 heteroatoms. The van der Waals surface area contributed by atoms with Crippen LogP contribution < -0.4 is 20.1 Å². The Morgan fingerprint density at radius 1 is 0.886 bits per heavy atom. The minimum Gasteiger partial charge on any atom is -0.493 e. The molecule has 0 atom stereocenters. The lowest BCUT2D eigenvalue weighted by Gasteiger charge is -2.14.